The van der Waals surface area contributed by atoms with Crippen molar-refractivity contribution < 1.29 is 0 Å². The second-order valence-electron chi connectivity index (χ2n) is 5.46. The molecule has 0 N–H and O–H groups in total. The summed E-state index contributed by atoms with van der Waals surface area (Å²) in [5, 5.41) is 0. The molecule has 3 rings (SSSR count). The Balaban J connectivity index is 2.06. The maximum atomic E-state index is 2.42. The Morgan fingerprint density at radius 3 is 1.59 bits per heavy atom. The summed E-state index contributed by atoms with van der Waals surface area (Å²) in [6.45, 7) is 9.15. The lowest BCUT2D eigenvalue weighted by Gasteiger charge is -1.98. The highest BCUT2D eigenvalue weighted by Crippen LogP contribution is 2.47. The minimum absolute atomic E-state index is 0.664. The SMILES string of the molecule is CC(C)c1cc2c(s1)Cc1sc(C(C)C)cc1-2. The molecule has 90 valence electrons. The van der Waals surface area contributed by atoms with E-state index < -0.39 is 0 Å². The van der Waals surface area contributed by atoms with E-state index in [1.807, 2.05) is 22.7 Å². The Labute approximate surface area is 111 Å². The standard InChI is InChI=1S/C15H18S2/c1-8(2)12-5-10-11-6-13(9(3)4)17-15(11)7-14(10)16-12/h5-6,8-9H,7H2,1-4H3. The van der Waals surface area contributed by atoms with E-state index in [1.54, 1.807) is 9.75 Å². The first-order valence-electron chi connectivity index (χ1n) is 6.32. The van der Waals surface area contributed by atoms with E-state index in [0.717, 1.165) is 0 Å². The predicted molar refractivity (Wildman–Crippen MR) is 78.6 cm³/mol. The first-order chi connectivity index (χ1) is 8.06. The molecular formula is C15H18S2. The van der Waals surface area contributed by atoms with Crippen molar-refractivity contribution in [1.82, 2.24) is 0 Å². The van der Waals surface area contributed by atoms with Crippen LogP contribution in [-0.2, 0) is 6.42 Å². The number of rotatable bonds is 2. The van der Waals surface area contributed by atoms with Crippen LogP contribution in [0.25, 0.3) is 11.1 Å². The Kier molecular flexibility index (Phi) is 2.68. The third-order valence-electron chi connectivity index (χ3n) is 3.41. The van der Waals surface area contributed by atoms with E-state index >= 15 is 0 Å². The molecule has 0 bridgehead atoms. The minimum Gasteiger partial charge on any atom is -0.144 e. The van der Waals surface area contributed by atoms with Crippen LogP contribution in [0.15, 0.2) is 12.1 Å². The van der Waals surface area contributed by atoms with E-state index in [-0.39, 0.29) is 0 Å². The molecule has 0 aromatic carbocycles. The molecule has 17 heavy (non-hydrogen) atoms. The van der Waals surface area contributed by atoms with Gasteiger partial charge >= 0.3 is 0 Å². The average molecular weight is 262 g/mol. The third-order valence-corrected chi connectivity index (χ3v) is 6.28. The molecule has 0 saturated carbocycles. The van der Waals surface area contributed by atoms with Gasteiger partial charge in [0, 0.05) is 25.9 Å². The molecule has 0 aliphatic heterocycles. The lowest BCUT2D eigenvalue weighted by molar-refractivity contribution is 0.889. The summed E-state index contributed by atoms with van der Waals surface area (Å²) in [5.41, 5.74) is 3.05. The highest BCUT2D eigenvalue weighted by molar-refractivity contribution is 7.15. The van der Waals surface area contributed by atoms with Crippen molar-refractivity contribution in [2.45, 2.75) is 46.0 Å². The van der Waals surface area contributed by atoms with Crippen LogP contribution < -0.4 is 0 Å². The fourth-order valence-electron chi connectivity index (χ4n) is 2.33. The monoisotopic (exact) mass is 262 g/mol. The Bertz CT molecular complexity index is 505. The average Bonchev–Trinajstić information content (AvgIpc) is 2.84. The summed E-state index contributed by atoms with van der Waals surface area (Å²) in [5.74, 6) is 1.33. The molecular weight excluding hydrogens is 244 g/mol. The van der Waals surface area contributed by atoms with E-state index in [2.05, 4.69) is 39.8 Å². The zero-order chi connectivity index (χ0) is 12.2. The van der Waals surface area contributed by atoms with Gasteiger partial charge in [0.15, 0.2) is 0 Å². The van der Waals surface area contributed by atoms with Crippen molar-refractivity contribution >= 4 is 22.7 Å². The minimum atomic E-state index is 0.664. The zero-order valence-electron chi connectivity index (χ0n) is 10.8. The van der Waals surface area contributed by atoms with Gasteiger partial charge in [-0.2, -0.15) is 0 Å². The molecule has 1 aliphatic rings. The molecule has 0 unspecified atom stereocenters. The zero-order valence-corrected chi connectivity index (χ0v) is 12.5. The second-order valence-corrected chi connectivity index (χ2v) is 7.79. The number of hydrogen-bond donors (Lipinski definition) is 0. The summed E-state index contributed by atoms with van der Waals surface area (Å²) in [6, 6.07) is 4.85. The molecule has 0 fully saturated rings. The van der Waals surface area contributed by atoms with Crippen molar-refractivity contribution in [2.24, 2.45) is 0 Å². The van der Waals surface area contributed by atoms with Crippen molar-refractivity contribution in [2.75, 3.05) is 0 Å². The molecule has 2 aromatic heterocycles. The summed E-state index contributed by atoms with van der Waals surface area (Å²) in [6.07, 6.45) is 1.18. The van der Waals surface area contributed by atoms with Gasteiger partial charge in [-0.3, -0.25) is 0 Å². The molecule has 0 radical (unpaired) electrons. The smallest absolute Gasteiger partial charge is 0.0179 e. The summed E-state index contributed by atoms with van der Waals surface area (Å²) < 4.78 is 0. The van der Waals surface area contributed by atoms with Crippen LogP contribution in [0.1, 0.15) is 59.0 Å². The fraction of sp³-hybridized carbons (Fsp3) is 0.467. The molecule has 0 nitrogen and oxygen atoms in total. The van der Waals surface area contributed by atoms with Crippen LogP contribution in [0, 0.1) is 0 Å². The van der Waals surface area contributed by atoms with Gasteiger partial charge in [0.1, 0.15) is 0 Å². The molecule has 0 amide bonds. The molecule has 2 aromatic rings. The molecule has 1 aliphatic carbocycles. The molecule has 0 saturated heterocycles. The van der Waals surface area contributed by atoms with Gasteiger partial charge in [-0.1, -0.05) is 27.7 Å². The van der Waals surface area contributed by atoms with Crippen LogP contribution >= 0.6 is 22.7 Å². The van der Waals surface area contributed by atoms with Gasteiger partial charge in [0.25, 0.3) is 0 Å². The van der Waals surface area contributed by atoms with Crippen LogP contribution in [-0.4, -0.2) is 0 Å². The van der Waals surface area contributed by atoms with Gasteiger partial charge in [-0.25, -0.2) is 0 Å². The van der Waals surface area contributed by atoms with Crippen LogP contribution in [0.5, 0.6) is 0 Å². The molecule has 0 atom stereocenters. The summed E-state index contributed by atoms with van der Waals surface area (Å²) in [7, 11) is 0. The normalized spacial score (nSPS) is 13.5. The van der Waals surface area contributed by atoms with Gasteiger partial charge in [-0.15, -0.1) is 22.7 Å². The van der Waals surface area contributed by atoms with Gasteiger partial charge < -0.3 is 0 Å². The third kappa shape index (κ3) is 1.78. The van der Waals surface area contributed by atoms with Gasteiger partial charge in [-0.05, 0) is 35.1 Å². The maximum Gasteiger partial charge on any atom is 0.0179 e. The van der Waals surface area contributed by atoms with E-state index in [9.17, 15) is 0 Å². The highest BCUT2D eigenvalue weighted by Gasteiger charge is 2.25. The van der Waals surface area contributed by atoms with Crippen LogP contribution in [0.4, 0.5) is 0 Å². The van der Waals surface area contributed by atoms with Gasteiger partial charge in [0.05, 0.1) is 0 Å². The molecule has 2 heteroatoms. The van der Waals surface area contributed by atoms with Crippen LogP contribution in [0.3, 0.4) is 0 Å². The molecule has 0 spiro atoms. The summed E-state index contributed by atoms with van der Waals surface area (Å²) in [4.78, 5) is 6.26. The Hall–Kier alpha value is -0.600. The van der Waals surface area contributed by atoms with E-state index in [4.69, 9.17) is 0 Å². The van der Waals surface area contributed by atoms with Crippen molar-refractivity contribution in [1.29, 1.82) is 0 Å². The Morgan fingerprint density at radius 2 is 1.24 bits per heavy atom. The van der Waals surface area contributed by atoms with Crippen molar-refractivity contribution in [3.05, 3.63) is 31.6 Å². The first-order valence-corrected chi connectivity index (χ1v) is 7.95. The first kappa shape index (κ1) is 11.5. The van der Waals surface area contributed by atoms with Gasteiger partial charge in [0.2, 0.25) is 0 Å². The number of fused-ring (bicyclic) bond motifs is 3. The maximum absolute atomic E-state index is 2.42. The summed E-state index contributed by atoms with van der Waals surface area (Å²) >= 11 is 4.02. The number of thiophene rings is 2. The largest absolute Gasteiger partial charge is 0.144 e. The number of hydrogen-bond acceptors (Lipinski definition) is 2. The lowest BCUT2D eigenvalue weighted by Crippen LogP contribution is -1.79. The lowest BCUT2D eigenvalue weighted by atomic mass is 10.1. The predicted octanol–water partition coefficient (Wildman–Crippen LogP) is 5.63. The van der Waals surface area contributed by atoms with E-state index in [0.29, 0.717) is 11.8 Å². The fourth-order valence-corrected chi connectivity index (χ4v) is 4.81. The van der Waals surface area contributed by atoms with E-state index in [1.165, 1.54) is 27.3 Å². The topological polar surface area (TPSA) is 0 Å². The van der Waals surface area contributed by atoms with Crippen molar-refractivity contribution in [3.8, 4) is 11.1 Å². The van der Waals surface area contributed by atoms with Crippen molar-refractivity contribution in [3.63, 3.8) is 0 Å². The highest BCUT2D eigenvalue weighted by atomic mass is 32.1. The second kappa shape index (κ2) is 3.96. The molecule has 2 heterocycles. The Morgan fingerprint density at radius 1 is 0.824 bits per heavy atom. The quantitative estimate of drug-likeness (QED) is 0.561. The van der Waals surface area contributed by atoms with Crippen LogP contribution in [0.2, 0.25) is 0 Å².